The van der Waals surface area contributed by atoms with Gasteiger partial charge in [0.15, 0.2) is 0 Å². The van der Waals surface area contributed by atoms with Crippen LogP contribution in [0.4, 0.5) is 5.82 Å². The first-order valence-electron chi connectivity index (χ1n) is 6.78. The van der Waals surface area contributed by atoms with Crippen LogP contribution in [0.1, 0.15) is 22.5 Å². The van der Waals surface area contributed by atoms with E-state index in [1.165, 1.54) is 0 Å². The molecular weight excluding hydrogens is 270 g/mol. The molecule has 0 saturated heterocycles. The second kappa shape index (κ2) is 6.78. The van der Waals surface area contributed by atoms with Crippen LogP contribution in [-0.2, 0) is 7.05 Å². The van der Waals surface area contributed by atoms with Crippen molar-refractivity contribution in [3.05, 3.63) is 41.6 Å². The van der Waals surface area contributed by atoms with Gasteiger partial charge in [-0.2, -0.15) is 5.10 Å². The van der Waals surface area contributed by atoms with Crippen molar-refractivity contribution in [2.45, 2.75) is 13.3 Å². The first kappa shape index (κ1) is 14.9. The first-order valence-corrected chi connectivity index (χ1v) is 6.78. The number of aryl methyl sites for hydroxylation is 2. The van der Waals surface area contributed by atoms with E-state index in [0.717, 1.165) is 12.2 Å². The molecule has 1 heterocycles. The number of hydrogen-bond donors (Lipinski definition) is 2. The van der Waals surface area contributed by atoms with Gasteiger partial charge < -0.3 is 15.2 Å². The number of aromatic nitrogens is 2. The Hall–Kier alpha value is -2.50. The minimum atomic E-state index is -0.969. The highest BCUT2D eigenvalue weighted by molar-refractivity contribution is 5.94. The fraction of sp³-hybridized carbons (Fsp3) is 0.333. The lowest BCUT2D eigenvalue weighted by molar-refractivity contribution is 0.0697. The Morgan fingerprint density at radius 3 is 2.76 bits per heavy atom. The van der Waals surface area contributed by atoms with Crippen molar-refractivity contribution in [1.29, 1.82) is 0 Å². The summed E-state index contributed by atoms with van der Waals surface area (Å²) < 4.78 is 7.13. The molecule has 21 heavy (non-hydrogen) atoms. The number of carboxylic acid groups (broad SMARTS) is 1. The zero-order valence-corrected chi connectivity index (χ0v) is 12.2. The van der Waals surface area contributed by atoms with Gasteiger partial charge >= 0.3 is 5.97 Å². The SMILES string of the molecule is Cc1nn(C)c(NCCCOc2ccccc2)c1C(=O)O. The lowest BCUT2D eigenvalue weighted by Crippen LogP contribution is -2.12. The molecule has 0 fully saturated rings. The smallest absolute Gasteiger partial charge is 0.341 e. The van der Waals surface area contributed by atoms with Crippen molar-refractivity contribution in [3.63, 3.8) is 0 Å². The lowest BCUT2D eigenvalue weighted by atomic mass is 10.2. The van der Waals surface area contributed by atoms with E-state index in [0.29, 0.717) is 24.7 Å². The molecule has 6 nitrogen and oxygen atoms in total. The molecule has 112 valence electrons. The number of rotatable bonds is 7. The van der Waals surface area contributed by atoms with Crippen LogP contribution >= 0.6 is 0 Å². The van der Waals surface area contributed by atoms with E-state index >= 15 is 0 Å². The third-order valence-electron chi connectivity index (χ3n) is 3.06. The molecule has 0 aliphatic heterocycles. The summed E-state index contributed by atoms with van der Waals surface area (Å²) in [6, 6.07) is 9.59. The second-order valence-electron chi connectivity index (χ2n) is 4.68. The van der Waals surface area contributed by atoms with E-state index in [9.17, 15) is 9.90 Å². The van der Waals surface area contributed by atoms with Crippen molar-refractivity contribution >= 4 is 11.8 Å². The molecule has 0 amide bonds. The number of aromatic carboxylic acids is 1. The van der Waals surface area contributed by atoms with Crippen LogP contribution in [0, 0.1) is 6.92 Å². The topological polar surface area (TPSA) is 76.4 Å². The Morgan fingerprint density at radius 2 is 2.10 bits per heavy atom. The predicted octanol–water partition coefficient (Wildman–Crippen LogP) is 2.31. The molecule has 1 aromatic heterocycles. The molecule has 0 unspecified atom stereocenters. The van der Waals surface area contributed by atoms with Gasteiger partial charge in [-0.05, 0) is 25.5 Å². The number of benzene rings is 1. The summed E-state index contributed by atoms with van der Waals surface area (Å²) in [7, 11) is 1.72. The molecule has 2 rings (SSSR count). The number of carboxylic acids is 1. The monoisotopic (exact) mass is 289 g/mol. The van der Waals surface area contributed by atoms with Crippen molar-refractivity contribution < 1.29 is 14.6 Å². The summed E-state index contributed by atoms with van der Waals surface area (Å²) in [5, 5.41) is 16.4. The summed E-state index contributed by atoms with van der Waals surface area (Å²) in [5.74, 6) is 0.392. The van der Waals surface area contributed by atoms with Crippen molar-refractivity contribution in [2.24, 2.45) is 7.05 Å². The zero-order chi connectivity index (χ0) is 15.2. The van der Waals surface area contributed by atoms with Gasteiger partial charge in [0.05, 0.1) is 12.3 Å². The van der Waals surface area contributed by atoms with Crippen LogP contribution in [0.2, 0.25) is 0 Å². The largest absolute Gasteiger partial charge is 0.494 e. The predicted molar refractivity (Wildman–Crippen MR) is 79.9 cm³/mol. The Balaban J connectivity index is 1.83. The van der Waals surface area contributed by atoms with Crippen LogP contribution in [0.25, 0.3) is 0 Å². The second-order valence-corrected chi connectivity index (χ2v) is 4.68. The number of anilines is 1. The fourth-order valence-corrected chi connectivity index (χ4v) is 2.10. The van der Waals surface area contributed by atoms with Gasteiger partial charge in [0.25, 0.3) is 0 Å². The van der Waals surface area contributed by atoms with E-state index in [1.54, 1.807) is 18.7 Å². The third kappa shape index (κ3) is 3.75. The van der Waals surface area contributed by atoms with Crippen LogP contribution < -0.4 is 10.1 Å². The molecule has 6 heteroatoms. The number of carbonyl (C=O) groups is 1. The van der Waals surface area contributed by atoms with E-state index < -0.39 is 5.97 Å². The Bertz CT molecular complexity index is 608. The molecule has 0 radical (unpaired) electrons. The minimum absolute atomic E-state index is 0.224. The van der Waals surface area contributed by atoms with Crippen molar-refractivity contribution in [1.82, 2.24) is 9.78 Å². The summed E-state index contributed by atoms with van der Waals surface area (Å²) >= 11 is 0. The van der Waals surface area contributed by atoms with Gasteiger partial charge in [-0.15, -0.1) is 0 Å². The summed E-state index contributed by atoms with van der Waals surface area (Å²) in [6.45, 7) is 2.87. The van der Waals surface area contributed by atoms with E-state index in [2.05, 4.69) is 10.4 Å². The quantitative estimate of drug-likeness (QED) is 0.765. The van der Waals surface area contributed by atoms with Crippen LogP contribution in [0.15, 0.2) is 30.3 Å². The summed E-state index contributed by atoms with van der Waals surface area (Å²) in [5.41, 5.74) is 0.731. The fourth-order valence-electron chi connectivity index (χ4n) is 2.10. The minimum Gasteiger partial charge on any atom is -0.494 e. The zero-order valence-electron chi connectivity index (χ0n) is 12.2. The van der Waals surface area contributed by atoms with Gasteiger partial charge in [0.2, 0.25) is 0 Å². The maximum absolute atomic E-state index is 11.2. The number of nitrogens with one attached hydrogen (secondary N) is 1. The Morgan fingerprint density at radius 1 is 1.38 bits per heavy atom. The molecule has 0 aliphatic carbocycles. The van der Waals surface area contributed by atoms with E-state index in [4.69, 9.17) is 4.74 Å². The standard InChI is InChI=1S/C15H19N3O3/c1-11-13(15(19)20)14(18(2)17-11)16-9-6-10-21-12-7-4-3-5-8-12/h3-5,7-8,16H,6,9-10H2,1-2H3,(H,19,20). The van der Waals surface area contributed by atoms with Crippen molar-refractivity contribution in [3.8, 4) is 5.75 Å². The van der Waals surface area contributed by atoms with Gasteiger partial charge in [0.1, 0.15) is 17.1 Å². The molecule has 0 bridgehead atoms. The highest BCUT2D eigenvalue weighted by atomic mass is 16.5. The molecule has 1 aromatic carbocycles. The summed E-state index contributed by atoms with van der Waals surface area (Å²) in [6.07, 6.45) is 0.762. The maximum Gasteiger partial charge on any atom is 0.341 e. The highest BCUT2D eigenvalue weighted by Crippen LogP contribution is 2.18. The number of para-hydroxylation sites is 1. The van der Waals surface area contributed by atoms with E-state index in [1.807, 2.05) is 30.3 Å². The number of ether oxygens (including phenoxy) is 1. The molecule has 0 saturated carbocycles. The molecule has 2 N–H and O–H groups in total. The normalized spacial score (nSPS) is 10.4. The average molecular weight is 289 g/mol. The van der Waals surface area contributed by atoms with Gasteiger partial charge in [-0.3, -0.25) is 4.68 Å². The molecule has 0 spiro atoms. The number of nitrogens with zero attached hydrogens (tertiary/aromatic N) is 2. The summed E-state index contributed by atoms with van der Waals surface area (Å²) in [4.78, 5) is 11.2. The molecule has 0 aliphatic rings. The molecule has 0 atom stereocenters. The van der Waals surface area contributed by atoms with Crippen LogP contribution in [0.3, 0.4) is 0 Å². The van der Waals surface area contributed by atoms with Gasteiger partial charge in [-0.1, -0.05) is 18.2 Å². The van der Waals surface area contributed by atoms with Gasteiger partial charge in [0, 0.05) is 13.6 Å². The van der Waals surface area contributed by atoms with Crippen LogP contribution in [-0.4, -0.2) is 34.0 Å². The van der Waals surface area contributed by atoms with Crippen molar-refractivity contribution in [2.75, 3.05) is 18.5 Å². The molecular formula is C15H19N3O3. The third-order valence-corrected chi connectivity index (χ3v) is 3.06. The van der Waals surface area contributed by atoms with Crippen LogP contribution in [0.5, 0.6) is 5.75 Å². The number of hydrogen-bond acceptors (Lipinski definition) is 4. The van der Waals surface area contributed by atoms with Gasteiger partial charge in [-0.25, -0.2) is 4.79 Å². The Labute approximate surface area is 123 Å². The Kier molecular flexibility index (Phi) is 4.81. The van der Waals surface area contributed by atoms with E-state index in [-0.39, 0.29) is 5.56 Å². The highest BCUT2D eigenvalue weighted by Gasteiger charge is 2.18. The molecule has 2 aromatic rings. The lowest BCUT2D eigenvalue weighted by Gasteiger charge is -2.09. The average Bonchev–Trinajstić information content (AvgIpc) is 2.74. The maximum atomic E-state index is 11.2. The first-order chi connectivity index (χ1) is 10.1.